The van der Waals surface area contributed by atoms with E-state index in [0.29, 0.717) is 0 Å². The Kier molecular flexibility index (Phi) is 5.86. The van der Waals surface area contributed by atoms with Crippen molar-refractivity contribution in [1.29, 1.82) is 0 Å². The van der Waals surface area contributed by atoms with Crippen LogP contribution in [-0.2, 0) is 6.42 Å². The molecule has 0 aliphatic heterocycles. The monoisotopic (exact) mass is 252 g/mol. The zero-order chi connectivity index (χ0) is 12.8. The van der Waals surface area contributed by atoms with Gasteiger partial charge in [0.2, 0.25) is 0 Å². The predicted octanol–water partition coefficient (Wildman–Crippen LogP) is 2.68. The summed E-state index contributed by atoms with van der Waals surface area (Å²) in [5, 5.41) is 0. The predicted molar refractivity (Wildman–Crippen MR) is 80.2 cm³/mol. The second-order valence-electron chi connectivity index (χ2n) is 4.72. The summed E-state index contributed by atoms with van der Waals surface area (Å²) in [6, 6.07) is 6.90. The number of benzene rings is 1. The van der Waals surface area contributed by atoms with Crippen LogP contribution in [0, 0.1) is 6.92 Å². The third kappa shape index (κ3) is 4.60. The van der Waals surface area contributed by atoms with Gasteiger partial charge in [0.15, 0.2) is 0 Å². The summed E-state index contributed by atoms with van der Waals surface area (Å²) in [4.78, 5) is 2.32. The number of hydrogen-bond donors (Lipinski definition) is 1. The van der Waals surface area contributed by atoms with Crippen LogP contribution in [-0.4, -0.2) is 31.6 Å². The van der Waals surface area contributed by atoms with Gasteiger partial charge < -0.3 is 10.6 Å². The summed E-state index contributed by atoms with van der Waals surface area (Å²) in [5.74, 6) is 1.16. The average Bonchev–Trinajstić information content (AvgIpc) is 2.25. The first-order chi connectivity index (χ1) is 8.04. The molecule has 3 heteroatoms. The van der Waals surface area contributed by atoms with Crippen molar-refractivity contribution >= 4 is 17.4 Å². The molecule has 1 atom stereocenters. The molecule has 0 fully saturated rings. The van der Waals surface area contributed by atoms with Crippen LogP contribution in [0.5, 0.6) is 0 Å². The Morgan fingerprint density at radius 2 is 2.12 bits per heavy atom. The summed E-state index contributed by atoms with van der Waals surface area (Å²) < 4.78 is 0. The van der Waals surface area contributed by atoms with Gasteiger partial charge >= 0.3 is 0 Å². The molecule has 2 nitrogen and oxygen atoms in total. The second-order valence-corrected chi connectivity index (χ2v) is 5.70. The van der Waals surface area contributed by atoms with Crippen LogP contribution in [0.4, 0.5) is 5.69 Å². The molecule has 1 unspecified atom stereocenters. The van der Waals surface area contributed by atoms with Gasteiger partial charge in [-0.1, -0.05) is 12.1 Å². The first kappa shape index (κ1) is 14.4. The van der Waals surface area contributed by atoms with Gasteiger partial charge in [-0.3, -0.25) is 0 Å². The molecule has 0 radical (unpaired) electrons. The minimum Gasteiger partial charge on any atom is -0.374 e. The molecule has 0 bridgehead atoms. The van der Waals surface area contributed by atoms with E-state index in [2.05, 4.69) is 43.3 Å². The fraction of sp³-hybridized carbons (Fsp3) is 0.571. The molecule has 0 saturated carbocycles. The number of rotatable bonds is 6. The summed E-state index contributed by atoms with van der Waals surface area (Å²) in [6.45, 7) is 5.32. The van der Waals surface area contributed by atoms with Crippen molar-refractivity contribution in [2.45, 2.75) is 26.3 Å². The third-order valence-corrected chi connectivity index (χ3v) is 3.45. The van der Waals surface area contributed by atoms with E-state index in [0.717, 1.165) is 18.7 Å². The number of nitrogens with zero attached hydrogens (tertiary/aromatic N) is 1. The minimum absolute atomic E-state index is 0.231. The number of aryl methyl sites for hydroxylation is 1. The van der Waals surface area contributed by atoms with Crippen LogP contribution >= 0.6 is 11.8 Å². The van der Waals surface area contributed by atoms with Crippen molar-refractivity contribution in [3.05, 3.63) is 29.3 Å². The summed E-state index contributed by atoms with van der Waals surface area (Å²) >= 11 is 1.88. The van der Waals surface area contributed by atoms with Crippen LogP contribution in [0.1, 0.15) is 18.1 Å². The molecule has 0 spiro atoms. The van der Waals surface area contributed by atoms with Crippen LogP contribution in [0.15, 0.2) is 18.2 Å². The Labute approximate surface area is 110 Å². The van der Waals surface area contributed by atoms with Gasteiger partial charge in [0.1, 0.15) is 0 Å². The SMILES string of the molecule is CSCCN(C)c1ccc(CC(C)N)cc1C. The third-order valence-electron chi connectivity index (χ3n) is 2.86. The molecular formula is C14H24N2S. The zero-order valence-electron chi connectivity index (χ0n) is 11.4. The van der Waals surface area contributed by atoms with Gasteiger partial charge in [0, 0.05) is 31.1 Å². The highest BCUT2D eigenvalue weighted by Gasteiger charge is 2.06. The number of thioether (sulfide) groups is 1. The van der Waals surface area contributed by atoms with Gasteiger partial charge in [-0.05, 0) is 43.7 Å². The number of hydrogen-bond acceptors (Lipinski definition) is 3. The first-order valence-corrected chi connectivity index (χ1v) is 7.49. The highest BCUT2D eigenvalue weighted by molar-refractivity contribution is 7.98. The molecule has 1 rings (SSSR count). The molecule has 96 valence electrons. The molecule has 1 aromatic rings. The lowest BCUT2D eigenvalue weighted by atomic mass is 10.0. The van der Waals surface area contributed by atoms with E-state index in [9.17, 15) is 0 Å². The van der Waals surface area contributed by atoms with Gasteiger partial charge in [0.25, 0.3) is 0 Å². The lowest BCUT2D eigenvalue weighted by Gasteiger charge is -2.21. The molecule has 0 saturated heterocycles. The molecule has 0 heterocycles. The quantitative estimate of drug-likeness (QED) is 0.844. The van der Waals surface area contributed by atoms with Crippen LogP contribution in [0.25, 0.3) is 0 Å². The Morgan fingerprint density at radius 1 is 1.41 bits per heavy atom. The number of nitrogens with two attached hydrogens (primary N) is 1. The first-order valence-electron chi connectivity index (χ1n) is 6.09. The largest absolute Gasteiger partial charge is 0.374 e. The topological polar surface area (TPSA) is 29.3 Å². The van der Waals surface area contributed by atoms with Crippen molar-refractivity contribution in [2.75, 3.05) is 30.5 Å². The molecule has 0 aromatic heterocycles. The maximum Gasteiger partial charge on any atom is 0.0393 e. The van der Waals surface area contributed by atoms with Crippen molar-refractivity contribution in [3.63, 3.8) is 0 Å². The van der Waals surface area contributed by atoms with E-state index < -0.39 is 0 Å². The van der Waals surface area contributed by atoms with Gasteiger partial charge in [0.05, 0.1) is 0 Å². The van der Waals surface area contributed by atoms with Gasteiger partial charge in [-0.15, -0.1) is 0 Å². The molecule has 0 amide bonds. The van der Waals surface area contributed by atoms with E-state index in [4.69, 9.17) is 5.73 Å². The Hall–Kier alpha value is -0.670. The Bertz CT molecular complexity index is 350. The fourth-order valence-corrected chi connectivity index (χ4v) is 2.45. The van der Waals surface area contributed by atoms with Crippen molar-refractivity contribution < 1.29 is 0 Å². The minimum atomic E-state index is 0.231. The van der Waals surface area contributed by atoms with E-state index >= 15 is 0 Å². The van der Waals surface area contributed by atoms with E-state index in [1.807, 2.05) is 18.7 Å². The smallest absolute Gasteiger partial charge is 0.0393 e. The van der Waals surface area contributed by atoms with Crippen molar-refractivity contribution in [1.82, 2.24) is 0 Å². The highest BCUT2D eigenvalue weighted by Crippen LogP contribution is 2.21. The summed E-state index contributed by atoms with van der Waals surface area (Å²) in [6.07, 6.45) is 3.10. The molecular weight excluding hydrogens is 228 g/mol. The fourth-order valence-electron chi connectivity index (χ4n) is 1.99. The second kappa shape index (κ2) is 6.92. The molecule has 0 aliphatic carbocycles. The van der Waals surface area contributed by atoms with E-state index in [1.54, 1.807) is 0 Å². The molecule has 1 aromatic carbocycles. The van der Waals surface area contributed by atoms with Crippen LogP contribution in [0.2, 0.25) is 0 Å². The van der Waals surface area contributed by atoms with Crippen molar-refractivity contribution in [3.8, 4) is 0 Å². The zero-order valence-corrected chi connectivity index (χ0v) is 12.2. The Morgan fingerprint density at radius 3 is 2.65 bits per heavy atom. The molecule has 0 aliphatic rings. The number of anilines is 1. The van der Waals surface area contributed by atoms with Gasteiger partial charge in [-0.25, -0.2) is 0 Å². The van der Waals surface area contributed by atoms with Crippen LogP contribution < -0.4 is 10.6 Å². The summed E-state index contributed by atoms with van der Waals surface area (Å²) in [7, 11) is 2.16. The standard InChI is InChI=1S/C14H24N2S/c1-11-9-13(10-12(2)15)5-6-14(11)16(3)7-8-17-4/h5-6,9,12H,7-8,10,15H2,1-4H3. The molecule has 2 N–H and O–H groups in total. The van der Waals surface area contributed by atoms with Gasteiger partial charge in [-0.2, -0.15) is 11.8 Å². The molecule has 17 heavy (non-hydrogen) atoms. The maximum atomic E-state index is 5.82. The van der Waals surface area contributed by atoms with E-state index in [-0.39, 0.29) is 6.04 Å². The van der Waals surface area contributed by atoms with Crippen LogP contribution in [0.3, 0.4) is 0 Å². The van der Waals surface area contributed by atoms with Crippen molar-refractivity contribution in [2.24, 2.45) is 5.73 Å². The lowest BCUT2D eigenvalue weighted by Crippen LogP contribution is -2.21. The highest BCUT2D eigenvalue weighted by atomic mass is 32.2. The normalized spacial score (nSPS) is 12.5. The Balaban J connectivity index is 2.74. The average molecular weight is 252 g/mol. The maximum absolute atomic E-state index is 5.82. The summed E-state index contributed by atoms with van der Waals surface area (Å²) in [5.41, 5.74) is 9.82. The lowest BCUT2D eigenvalue weighted by molar-refractivity contribution is 0.737. The van der Waals surface area contributed by atoms with E-state index in [1.165, 1.54) is 16.8 Å².